The molecule has 0 saturated carbocycles. The lowest BCUT2D eigenvalue weighted by Crippen LogP contribution is -2.53. The van der Waals surface area contributed by atoms with Crippen LogP contribution in [0.3, 0.4) is 0 Å². The van der Waals surface area contributed by atoms with Gasteiger partial charge in [0.05, 0.1) is 0 Å². The van der Waals surface area contributed by atoms with Crippen LogP contribution in [0.4, 0.5) is 5.95 Å². The van der Waals surface area contributed by atoms with Gasteiger partial charge in [0.1, 0.15) is 5.78 Å². The summed E-state index contributed by atoms with van der Waals surface area (Å²) in [6.07, 6.45) is 6.86. The van der Waals surface area contributed by atoms with Crippen LogP contribution in [0.1, 0.15) is 37.8 Å². The lowest BCUT2D eigenvalue weighted by molar-refractivity contribution is -0.121. The lowest BCUT2D eigenvalue weighted by Gasteiger charge is -2.39. The van der Waals surface area contributed by atoms with Crippen LogP contribution in [0.25, 0.3) is 11.1 Å². The first-order valence-electron chi connectivity index (χ1n) is 10.3. The summed E-state index contributed by atoms with van der Waals surface area (Å²) in [7, 11) is 2.20. The highest BCUT2D eigenvalue weighted by molar-refractivity contribution is 5.83. The number of hydrogen-bond acceptors (Lipinski definition) is 5. The number of Topliss-reactive ketones (excluding diaryl/α,β-unsaturated/α-hetero) is 1. The molecule has 28 heavy (non-hydrogen) atoms. The molecule has 5 nitrogen and oxygen atoms in total. The van der Waals surface area contributed by atoms with E-state index in [0.29, 0.717) is 18.5 Å². The molecule has 2 unspecified atom stereocenters. The Morgan fingerprint density at radius 3 is 2.36 bits per heavy atom. The maximum atomic E-state index is 12.0. The fourth-order valence-electron chi connectivity index (χ4n) is 4.60. The van der Waals surface area contributed by atoms with E-state index >= 15 is 0 Å². The molecule has 3 heterocycles. The molecular formula is C23H30N4O. The van der Waals surface area contributed by atoms with Gasteiger partial charge in [-0.2, -0.15) is 0 Å². The number of benzene rings is 1. The summed E-state index contributed by atoms with van der Waals surface area (Å²) in [6.45, 7) is 8.19. The van der Waals surface area contributed by atoms with Crippen molar-refractivity contribution in [2.24, 2.45) is 5.92 Å². The molecule has 4 rings (SSSR count). The molecule has 0 radical (unpaired) electrons. The predicted molar refractivity (Wildman–Crippen MR) is 113 cm³/mol. The van der Waals surface area contributed by atoms with Crippen molar-refractivity contribution in [1.82, 2.24) is 14.9 Å². The molecule has 0 N–H and O–H groups in total. The zero-order chi connectivity index (χ0) is 19.8. The average Bonchev–Trinajstić information content (AvgIpc) is 2.93. The number of anilines is 1. The first kappa shape index (κ1) is 19.1. The molecule has 2 aliphatic heterocycles. The van der Waals surface area contributed by atoms with E-state index in [-0.39, 0.29) is 11.7 Å². The van der Waals surface area contributed by atoms with Crippen molar-refractivity contribution in [1.29, 1.82) is 0 Å². The highest BCUT2D eigenvalue weighted by Gasteiger charge is 2.40. The van der Waals surface area contributed by atoms with Gasteiger partial charge in [-0.15, -0.1) is 0 Å². The minimum absolute atomic E-state index is 0.0748. The number of rotatable bonds is 5. The number of hydrogen-bond donors (Lipinski definition) is 0. The highest BCUT2D eigenvalue weighted by atomic mass is 16.1. The van der Waals surface area contributed by atoms with Crippen molar-refractivity contribution >= 4 is 11.7 Å². The molecule has 2 aliphatic rings. The van der Waals surface area contributed by atoms with Crippen LogP contribution < -0.4 is 4.90 Å². The van der Waals surface area contributed by atoms with Gasteiger partial charge in [-0.25, -0.2) is 9.97 Å². The summed E-state index contributed by atoms with van der Waals surface area (Å²) < 4.78 is 0. The van der Waals surface area contributed by atoms with E-state index in [1.165, 1.54) is 12.8 Å². The Hall–Kier alpha value is -2.27. The highest BCUT2D eigenvalue weighted by Crippen LogP contribution is 2.33. The predicted octanol–water partition coefficient (Wildman–Crippen LogP) is 3.50. The number of aromatic nitrogens is 2. The minimum Gasteiger partial charge on any atom is -0.332 e. The Balaban J connectivity index is 1.52. The van der Waals surface area contributed by atoms with E-state index in [1.807, 2.05) is 26.2 Å². The van der Waals surface area contributed by atoms with Crippen LogP contribution >= 0.6 is 0 Å². The fraction of sp³-hybridized carbons (Fsp3) is 0.522. The van der Waals surface area contributed by atoms with E-state index in [4.69, 9.17) is 9.97 Å². The van der Waals surface area contributed by atoms with E-state index in [2.05, 4.69) is 42.0 Å². The fourth-order valence-corrected chi connectivity index (χ4v) is 4.60. The Morgan fingerprint density at radius 1 is 1.14 bits per heavy atom. The lowest BCUT2D eigenvalue weighted by atomic mass is 9.96. The van der Waals surface area contributed by atoms with Crippen molar-refractivity contribution in [2.45, 2.75) is 52.1 Å². The number of likely N-dealkylation sites (tertiary alicyclic amines) is 1. The minimum atomic E-state index is 0.0748. The monoisotopic (exact) mass is 378 g/mol. The number of fused-ring (bicyclic) bond motifs is 2. The molecular weight excluding hydrogens is 348 g/mol. The molecule has 5 heteroatoms. The molecule has 0 spiro atoms. The normalized spacial score (nSPS) is 22.1. The molecule has 148 valence electrons. The summed E-state index contributed by atoms with van der Waals surface area (Å²) >= 11 is 0. The second-order valence-electron chi connectivity index (χ2n) is 8.73. The first-order valence-corrected chi connectivity index (χ1v) is 10.3. The van der Waals surface area contributed by atoms with Gasteiger partial charge in [-0.3, -0.25) is 4.79 Å². The number of nitrogens with zero attached hydrogens (tertiary/aromatic N) is 4. The Labute approximate surface area is 167 Å². The van der Waals surface area contributed by atoms with E-state index in [1.54, 1.807) is 0 Å². The van der Waals surface area contributed by atoms with Gasteiger partial charge in [0.15, 0.2) is 0 Å². The van der Waals surface area contributed by atoms with Gasteiger partial charge >= 0.3 is 0 Å². The van der Waals surface area contributed by atoms with Crippen molar-refractivity contribution in [3.05, 3.63) is 41.7 Å². The molecule has 2 fully saturated rings. The number of ketones is 1. The maximum Gasteiger partial charge on any atom is 0.225 e. The van der Waals surface area contributed by atoms with Crippen molar-refractivity contribution in [3.63, 3.8) is 0 Å². The number of carbonyl (C=O) groups excluding carboxylic acids is 1. The van der Waals surface area contributed by atoms with Crippen LogP contribution in [0.2, 0.25) is 0 Å². The van der Waals surface area contributed by atoms with Gasteiger partial charge in [0, 0.05) is 55.5 Å². The third-order valence-electron chi connectivity index (χ3n) is 6.16. The number of carbonyl (C=O) groups is 1. The zero-order valence-corrected chi connectivity index (χ0v) is 17.4. The Bertz CT molecular complexity index is 847. The van der Waals surface area contributed by atoms with Crippen molar-refractivity contribution in [2.75, 3.05) is 25.0 Å². The molecule has 2 atom stereocenters. The van der Waals surface area contributed by atoms with E-state index < -0.39 is 0 Å². The Kier molecular flexibility index (Phi) is 5.19. The topological polar surface area (TPSA) is 49.3 Å². The Morgan fingerprint density at radius 2 is 1.79 bits per heavy atom. The smallest absolute Gasteiger partial charge is 0.225 e. The SMILES string of the molecule is Cc1cc(CC(=O)C(C)C)ccc1-c1cnc(N2C3CCC2CN(C)C3)nc1. The molecule has 2 aromatic rings. The average molecular weight is 379 g/mol. The number of aryl methyl sites for hydroxylation is 1. The third-order valence-corrected chi connectivity index (χ3v) is 6.16. The first-order chi connectivity index (χ1) is 13.4. The summed E-state index contributed by atoms with van der Waals surface area (Å²) in [4.78, 5) is 26.3. The van der Waals surface area contributed by atoms with E-state index in [0.717, 1.165) is 41.3 Å². The van der Waals surface area contributed by atoms with Gasteiger partial charge < -0.3 is 9.80 Å². The molecule has 1 aromatic heterocycles. The molecule has 2 bridgehead atoms. The zero-order valence-electron chi connectivity index (χ0n) is 17.4. The molecule has 0 amide bonds. The van der Waals surface area contributed by atoms with Crippen molar-refractivity contribution in [3.8, 4) is 11.1 Å². The van der Waals surface area contributed by atoms with Gasteiger partial charge in [-0.1, -0.05) is 32.0 Å². The second-order valence-corrected chi connectivity index (χ2v) is 8.73. The molecule has 1 aromatic carbocycles. The van der Waals surface area contributed by atoms with Gasteiger partial charge in [0.2, 0.25) is 5.95 Å². The van der Waals surface area contributed by atoms with Crippen LogP contribution in [-0.4, -0.2) is 52.9 Å². The number of likely N-dealkylation sites (N-methyl/N-ethyl adjacent to an activating group) is 1. The summed E-state index contributed by atoms with van der Waals surface area (Å²) in [5.41, 5.74) is 4.40. The van der Waals surface area contributed by atoms with Gasteiger partial charge in [0.25, 0.3) is 0 Å². The van der Waals surface area contributed by atoms with Crippen LogP contribution in [-0.2, 0) is 11.2 Å². The summed E-state index contributed by atoms with van der Waals surface area (Å²) in [6, 6.07) is 7.33. The summed E-state index contributed by atoms with van der Waals surface area (Å²) in [5, 5.41) is 0. The molecule has 0 aliphatic carbocycles. The van der Waals surface area contributed by atoms with Crippen LogP contribution in [0, 0.1) is 12.8 Å². The van der Waals surface area contributed by atoms with Crippen LogP contribution in [0.15, 0.2) is 30.6 Å². The van der Waals surface area contributed by atoms with E-state index in [9.17, 15) is 4.79 Å². The van der Waals surface area contributed by atoms with Crippen LogP contribution in [0.5, 0.6) is 0 Å². The van der Waals surface area contributed by atoms with Crippen molar-refractivity contribution < 1.29 is 4.79 Å². The second kappa shape index (κ2) is 7.63. The molecule has 2 saturated heterocycles. The third kappa shape index (κ3) is 3.68. The quantitative estimate of drug-likeness (QED) is 0.797. The largest absolute Gasteiger partial charge is 0.332 e. The summed E-state index contributed by atoms with van der Waals surface area (Å²) in [5.74, 6) is 1.22. The standard InChI is InChI=1S/C23H30N4O/c1-15(2)22(28)10-17-5-8-21(16(3)9-17)18-11-24-23(25-12-18)27-19-6-7-20(27)14-26(4)13-19/h5,8-9,11-12,15,19-20H,6-7,10,13-14H2,1-4H3. The van der Waals surface area contributed by atoms with Gasteiger partial charge in [-0.05, 0) is 43.5 Å². The number of piperazine rings is 1. The maximum absolute atomic E-state index is 12.0.